The van der Waals surface area contributed by atoms with Crippen LogP contribution >= 0.6 is 0 Å². The summed E-state index contributed by atoms with van der Waals surface area (Å²) < 4.78 is 5.14. The molecule has 2 rings (SSSR count). The molecule has 0 amide bonds. The van der Waals surface area contributed by atoms with Gasteiger partial charge in [-0.1, -0.05) is 36.4 Å². The van der Waals surface area contributed by atoms with Crippen LogP contribution in [0.4, 0.5) is 0 Å². The molecule has 3 nitrogen and oxygen atoms in total. The van der Waals surface area contributed by atoms with E-state index in [-0.39, 0.29) is 30.1 Å². The Labute approximate surface area is 113 Å². The number of carbonyl (C=O) groups is 1. The lowest BCUT2D eigenvalue weighted by Crippen LogP contribution is -2.42. The van der Waals surface area contributed by atoms with Gasteiger partial charge in [-0.05, 0) is 12.0 Å². The monoisotopic (exact) mass is 260 g/mol. The van der Waals surface area contributed by atoms with E-state index in [1.165, 1.54) is 7.11 Å². The van der Waals surface area contributed by atoms with Gasteiger partial charge < -0.3 is 9.84 Å². The molecule has 0 spiro atoms. The van der Waals surface area contributed by atoms with Crippen molar-refractivity contribution in [2.24, 2.45) is 5.92 Å². The predicted molar refractivity (Wildman–Crippen MR) is 73.9 cm³/mol. The second-order valence-electron chi connectivity index (χ2n) is 5.03. The van der Waals surface area contributed by atoms with Gasteiger partial charge in [0.25, 0.3) is 0 Å². The largest absolute Gasteiger partial charge is 0.390 e. The van der Waals surface area contributed by atoms with Crippen molar-refractivity contribution in [3.63, 3.8) is 0 Å². The normalized spacial score (nSPS) is 28.9. The van der Waals surface area contributed by atoms with E-state index in [2.05, 4.69) is 6.58 Å². The number of methoxy groups -OCH3 is 1. The van der Waals surface area contributed by atoms with E-state index in [4.69, 9.17) is 4.74 Å². The van der Waals surface area contributed by atoms with E-state index in [1.807, 2.05) is 30.3 Å². The van der Waals surface area contributed by atoms with Gasteiger partial charge in [0, 0.05) is 25.4 Å². The number of hydrogen-bond acceptors (Lipinski definition) is 3. The van der Waals surface area contributed by atoms with Crippen molar-refractivity contribution in [1.29, 1.82) is 0 Å². The van der Waals surface area contributed by atoms with E-state index in [1.54, 1.807) is 6.08 Å². The van der Waals surface area contributed by atoms with E-state index in [0.717, 1.165) is 5.56 Å². The Kier molecular flexibility index (Phi) is 4.51. The number of aliphatic hydroxyl groups excluding tert-OH is 1. The zero-order valence-electron chi connectivity index (χ0n) is 11.2. The van der Waals surface area contributed by atoms with E-state index >= 15 is 0 Å². The molecule has 19 heavy (non-hydrogen) atoms. The van der Waals surface area contributed by atoms with Gasteiger partial charge >= 0.3 is 0 Å². The molecular weight excluding hydrogens is 240 g/mol. The Hall–Kier alpha value is -1.45. The van der Waals surface area contributed by atoms with Crippen LogP contribution in [0.2, 0.25) is 0 Å². The summed E-state index contributed by atoms with van der Waals surface area (Å²) in [6.45, 7) is 3.85. The molecule has 102 valence electrons. The van der Waals surface area contributed by atoms with Crippen LogP contribution in [-0.4, -0.2) is 30.2 Å². The second kappa shape index (κ2) is 6.13. The van der Waals surface area contributed by atoms with Gasteiger partial charge in [0.05, 0.1) is 12.2 Å². The highest BCUT2D eigenvalue weighted by Crippen LogP contribution is 2.35. The summed E-state index contributed by atoms with van der Waals surface area (Å²) in [6, 6.07) is 9.84. The van der Waals surface area contributed by atoms with Crippen LogP contribution in [-0.2, 0) is 9.53 Å². The fraction of sp³-hybridized carbons (Fsp3) is 0.438. The number of Topliss-reactive ketones (excluding diaryl/α,β-unsaturated/α-hetero) is 1. The zero-order chi connectivity index (χ0) is 13.8. The van der Waals surface area contributed by atoms with Crippen LogP contribution in [0.25, 0.3) is 0 Å². The smallest absolute Gasteiger partial charge is 0.139 e. The minimum atomic E-state index is -0.584. The highest BCUT2D eigenvalue weighted by Gasteiger charge is 2.38. The first-order valence-electron chi connectivity index (χ1n) is 6.58. The zero-order valence-corrected chi connectivity index (χ0v) is 11.2. The third kappa shape index (κ3) is 2.94. The quantitative estimate of drug-likeness (QED) is 0.845. The van der Waals surface area contributed by atoms with Gasteiger partial charge in [0.1, 0.15) is 5.78 Å². The summed E-state index contributed by atoms with van der Waals surface area (Å²) in [5.41, 5.74) is 1.07. The summed E-state index contributed by atoms with van der Waals surface area (Å²) in [4.78, 5) is 12.2. The van der Waals surface area contributed by atoms with Crippen molar-refractivity contribution in [3.8, 4) is 0 Å². The Morgan fingerprint density at radius 1 is 1.42 bits per heavy atom. The van der Waals surface area contributed by atoms with Gasteiger partial charge in [0.15, 0.2) is 0 Å². The number of carbonyl (C=O) groups excluding carboxylic acids is 1. The van der Waals surface area contributed by atoms with Gasteiger partial charge in [-0.3, -0.25) is 4.79 Å². The standard InChI is InChI=1S/C16H20O3/c1-3-12(11-7-5-4-6-8-11)13-9-15(18)16(19-2)10-14(13)17/h3-8,12-13,15-16,18H,1,9-10H2,2H3/t12-,13-,15+,16-/m0/s1. The number of hydrogen-bond donors (Lipinski definition) is 1. The molecule has 0 heterocycles. The Morgan fingerprint density at radius 3 is 2.68 bits per heavy atom. The Morgan fingerprint density at radius 2 is 2.11 bits per heavy atom. The molecule has 1 aromatic rings. The molecule has 0 aliphatic heterocycles. The van der Waals surface area contributed by atoms with E-state index in [0.29, 0.717) is 6.42 Å². The van der Waals surface area contributed by atoms with Crippen molar-refractivity contribution in [2.45, 2.75) is 31.0 Å². The SMILES string of the molecule is C=C[C@@H](c1ccccc1)[C@@H]1C[C@@H](O)[C@@H](OC)CC1=O. The van der Waals surface area contributed by atoms with Crippen LogP contribution in [0.15, 0.2) is 43.0 Å². The van der Waals surface area contributed by atoms with Gasteiger partial charge in [-0.15, -0.1) is 6.58 Å². The summed E-state index contributed by atoms with van der Waals surface area (Å²) >= 11 is 0. The van der Waals surface area contributed by atoms with Crippen LogP contribution in [0.5, 0.6) is 0 Å². The Bertz CT molecular complexity index is 441. The Balaban J connectivity index is 2.20. The minimum Gasteiger partial charge on any atom is -0.390 e. The van der Waals surface area contributed by atoms with Crippen molar-refractivity contribution in [1.82, 2.24) is 0 Å². The van der Waals surface area contributed by atoms with Gasteiger partial charge in [-0.2, -0.15) is 0 Å². The number of aliphatic hydroxyl groups is 1. The fourth-order valence-corrected chi connectivity index (χ4v) is 2.82. The lowest BCUT2D eigenvalue weighted by molar-refractivity contribution is -0.136. The highest BCUT2D eigenvalue weighted by molar-refractivity contribution is 5.83. The molecule has 1 aliphatic rings. The maximum atomic E-state index is 12.2. The van der Waals surface area contributed by atoms with Crippen molar-refractivity contribution >= 4 is 5.78 Å². The maximum Gasteiger partial charge on any atom is 0.139 e. The molecule has 0 saturated heterocycles. The van der Waals surface area contributed by atoms with E-state index in [9.17, 15) is 9.90 Å². The van der Waals surface area contributed by atoms with E-state index < -0.39 is 6.10 Å². The van der Waals surface area contributed by atoms with Crippen LogP contribution in [0, 0.1) is 5.92 Å². The number of allylic oxidation sites excluding steroid dienone is 1. The third-order valence-electron chi connectivity index (χ3n) is 3.92. The summed E-state index contributed by atoms with van der Waals surface area (Å²) in [5, 5.41) is 10.0. The van der Waals surface area contributed by atoms with Crippen LogP contribution in [0.3, 0.4) is 0 Å². The number of benzene rings is 1. The van der Waals surface area contributed by atoms with Crippen molar-refractivity contribution in [2.75, 3.05) is 7.11 Å². The molecule has 1 aromatic carbocycles. The van der Waals surface area contributed by atoms with Crippen LogP contribution < -0.4 is 0 Å². The molecule has 1 aliphatic carbocycles. The predicted octanol–water partition coefficient (Wildman–Crippen LogP) is 2.31. The first-order valence-corrected chi connectivity index (χ1v) is 6.58. The van der Waals surface area contributed by atoms with Crippen LogP contribution in [0.1, 0.15) is 24.3 Å². The molecule has 1 fully saturated rings. The second-order valence-corrected chi connectivity index (χ2v) is 5.03. The molecule has 4 atom stereocenters. The van der Waals surface area contributed by atoms with Gasteiger partial charge in [-0.25, -0.2) is 0 Å². The first-order chi connectivity index (χ1) is 9.17. The third-order valence-corrected chi connectivity index (χ3v) is 3.92. The first kappa shape index (κ1) is 14.0. The summed E-state index contributed by atoms with van der Waals surface area (Å²) in [5.74, 6) is -0.103. The number of rotatable bonds is 4. The van der Waals surface area contributed by atoms with Crippen molar-refractivity contribution < 1.29 is 14.6 Å². The summed E-state index contributed by atoms with van der Waals surface area (Å²) in [6.07, 6.45) is 1.56. The average molecular weight is 260 g/mol. The summed E-state index contributed by atoms with van der Waals surface area (Å²) in [7, 11) is 1.53. The molecule has 1 saturated carbocycles. The number of ketones is 1. The molecule has 0 radical (unpaired) electrons. The lowest BCUT2D eigenvalue weighted by Gasteiger charge is -2.34. The average Bonchev–Trinajstić information content (AvgIpc) is 2.44. The molecule has 0 bridgehead atoms. The lowest BCUT2D eigenvalue weighted by atomic mass is 9.74. The number of ether oxygens (including phenoxy) is 1. The molecule has 0 unspecified atom stereocenters. The molecule has 3 heteroatoms. The van der Waals surface area contributed by atoms with Crippen molar-refractivity contribution in [3.05, 3.63) is 48.6 Å². The minimum absolute atomic E-state index is 0.0406. The molecule has 0 aromatic heterocycles. The highest BCUT2D eigenvalue weighted by atomic mass is 16.5. The molecule has 1 N–H and O–H groups in total. The maximum absolute atomic E-state index is 12.2. The fourth-order valence-electron chi connectivity index (χ4n) is 2.82. The van der Waals surface area contributed by atoms with Gasteiger partial charge in [0.2, 0.25) is 0 Å². The molecular formula is C16H20O3. The topological polar surface area (TPSA) is 46.5 Å².